The Morgan fingerprint density at radius 1 is 1.37 bits per heavy atom. The smallest absolute Gasteiger partial charge is 0.308 e. The Morgan fingerprint density at radius 2 is 2.16 bits per heavy atom. The normalized spacial score (nSPS) is 28.7. The number of fused-ring (bicyclic) bond motifs is 2. The summed E-state index contributed by atoms with van der Waals surface area (Å²) < 4.78 is 0.678. The Kier molecular flexibility index (Phi) is 3.05. The molecule has 3 rings (SSSR count). The number of carbonyl (C=O) groups is 2. The molecule has 0 spiro atoms. The van der Waals surface area contributed by atoms with E-state index in [0.717, 1.165) is 12.8 Å². The minimum Gasteiger partial charge on any atom is -0.481 e. The second kappa shape index (κ2) is 4.59. The van der Waals surface area contributed by atoms with Crippen LogP contribution in [0.1, 0.15) is 29.6 Å². The molecule has 0 saturated carbocycles. The third kappa shape index (κ3) is 2.04. The van der Waals surface area contributed by atoms with Gasteiger partial charge < -0.3 is 10.0 Å². The quantitative estimate of drug-likeness (QED) is 0.844. The van der Waals surface area contributed by atoms with Crippen LogP contribution in [0.2, 0.25) is 0 Å². The van der Waals surface area contributed by atoms with Gasteiger partial charge in [-0.3, -0.25) is 9.59 Å². The summed E-state index contributed by atoms with van der Waals surface area (Å²) in [7, 11) is 0. The zero-order valence-corrected chi connectivity index (χ0v) is 11.7. The van der Waals surface area contributed by atoms with Gasteiger partial charge >= 0.3 is 5.97 Å². The summed E-state index contributed by atoms with van der Waals surface area (Å²) in [5, 5.41) is 9.19. The molecule has 3 atom stereocenters. The van der Waals surface area contributed by atoms with Gasteiger partial charge in [-0.05, 0) is 47.3 Å². The number of pyridine rings is 1. The maximum absolute atomic E-state index is 12.5. The van der Waals surface area contributed by atoms with Crippen molar-refractivity contribution in [3.63, 3.8) is 0 Å². The van der Waals surface area contributed by atoms with Crippen molar-refractivity contribution in [2.75, 3.05) is 0 Å². The molecule has 2 aliphatic rings. The summed E-state index contributed by atoms with van der Waals surface area (Å²) in [6.07, 6.45) is 3.80. The van der Waals surface area contributed by atoms with Gasteiger partial charge in [0.2, 0.25) is 0 Å². The molecule has 2 fully saturated rings. The first-order chi connectivity index (χ1) is 9.08. The van der Waals surface area contributed by atoms with Crippen LogP contribution in [0.25, 0.3) is 0 Å². The summed E-state index contributed by atoms with van der Waals surface area (Å²) in [5.41, 5.74) is 0.520. The molecule has 2 bridgehead atoms. The molecular weight excluding hydrogens is 312 g/mol. The molecule has 1 aromatic heterocycles. The Balaban J connectivity index is 1.85. The third-order valence-corrected chi connectivity index (χ3v) is 4.53. The fourth-order valence-electron chi connectivity index (χ4n) is 3.22. The molecule has 0 aromatic carbocycles. The summed E-state index contributed by atoms with van der Waals surface area (Å²) in [5.74, 6) is -1.30. The number of carbonyl (C=O) groups excluding carboxylic acids is 1. The van der Waals surface area contributed by atoms with Crippen LogP contribution in [-0.4, -0.2) is 39.0 Å². The Hall–Kier alpha value is -1.43. The standard InChI is InChI=1S/C13H13BrN2O3/c14-11-4-1-7(6-15-11)12(17)16-8-2-3-10(16)9(5-8)13(18)19/h1,4,6,8-10H,2-3,5H2,(H,18,19). The molecule has 2 saturated heterocycles. The number of hydrogen-bond donors (Lipinski definition) is 1. The van der Waals surface area contributed by atoms with Crippen molar-refractivity contribution in [3.8, 4) is 0 Å². The van der Waals surface area contributed by atoms with E-state index in [1.54, 1.807) is 17.0 Å². The molecular formula is C13H13BrN2O3. The summed E-state index contributed by atoms with van der Waals surface area (Å²) >= 11 is 3.23. The van der Waals surface area contributed by atoms with E-state index in [-0.39, 0.29) is 18.0 Å². The fourth-order valence-corrected chi connectivity index (χ4v) is 3.46. The number of amides is 1. The van der Waals surface area contributed by atoms with E-state index < -0.39 is 11.9 Å². The number of carboxylic acids is 1. The highest BCUT2D eigenvalue weighted by molar-refractivity contribution is 9.10. The van der Waals surface area contributed by atoms with E-state index in [9.17, 15) is 14.7 Å². The lowest BCUT2D eigenvalue weighted by Gasteiger charge is -2.23. The van der Waals surface area contributed by atoms with Crippen molar-refractivity contribution >= 4 is 27.8 Å². The van der Waals surface area contributed by atoms with Crippen LogP contribution in [0.3, 0.4) is 0 Å². The first kappa shape index (κ1) is 12.6. The minimum absolute atomic E-state index is 0.0715. The van der Waals surface area contributed by atoms with Crippen molar-refractivity contribution in [2.24, 2.45) is 5.92 Å². The number of carboxylic acid groups (broad SMARTS) is 1. The van der Waals surface area contributed by atoms with Gasteiger partial charge in [0.15, 0.2) is 0 Å². The Bertz CT molecular complexity index is 531. The topological polar surface area (TPSA) is 70.5 Å². The summed E-state index contributed by atoms with van der Waals surface area (Å²) in [4.78, 5) is 29.5. The minimum atomic E-state index is -0.793. The molecule has 5 nitrogen and oxygen atoms in total. The number of nitrogens with zero attached hydrogens (tertiary/aromatic N) is 2. The lowest BCUT2D eigenvalue weighted by atomic mass is 9.89. The molecule has 1 N–H and O–H groups in total. The lowest BCUT2D eigenvalue weighted by Crippen LogP contribution is -2.37. The maximum atomic E-state index is 12.5. The zero-order valence-electron chi connectivity index (χ0n) is 10.1. The predicted molar refractivity (Wildman–Crippen MR) is 70.7 cm³/mol. The van der Waals surface area contributed by atoms with E-state index in [2.05, 4.69) is 20.9 Å². The number of rotatable bonds is 2. The molecule has 3 heterocycles. The second-order valence-corrected chi connectivity index (χ2v) is 5.87. The molecule has 19 heavy (non-hydrogen) atoms. The van der Waals surface area contributed by atoms with Gasteiger partial charge in [0.25, 0.3) is 5.91 Å². The van der Waals surface area contributed by atoms with Crippen molar-refractivity contribution < 1.29 is 14.7 Å². The van der Waals surface area contributed by atoms with Crippen LogP contribution in [0.4, 0.5) is 0 Å². The molecule has 0 radical (unpaired) electrons. The first-order valence-electron chi connectivity index (χ1n) is 6.25. The van der Waals surface area contributed by atoms with Crippen molar-refractivity contribution in [3.05, 3.63) is 28.5 Å². The maximum Gasteiger partial charge on any atom is 0.308 e. The molecule has 2 aliphatic heterocycles. The van der Waals surface area contributed by atoms with Gasteiger partial charge in [-0.1, -0.05) is 0 Å². The zero-order chi connectivity index (χ0) is 13.6. The second-order valence-electron chi connectivity index (χ2n) is 5.06. The van der Waals surface area contributed by atoms with Crippen molar-refractivity contribution in [2.45, 2.75) is 31.3 Å². The molecule has 100 valence electrons. The van der Waals surface area contributed by atoms with E-state index in [4.69, 9.17) is 0 Å². The van der Waals surface area contributed by atoms with Crippen LogP contribution in [0, 0.1) is 5.92 Å². The van der Waals surface area contributed by atoms with Crippen LogP contribution < -0.4 is 0 Å². The molecule has 0 aliphatic carbocycles. The number of hydrogen-bond acceptors (Lipinski definition) is 3. The van der Waals surface area contributed by atoms with Crippen LogP contribution in [-0.2, 0) is 4.79 Å². The highest BCUT2D eigenvalue weighted by atomic mass is 79.9. The van der Waals surface area contributed by atoms with E-state index >= 15 is 0 Å². The van der Waals surface area contributed by atoms with Crippen LogP contribution in [0.15, 0.2) is 22.9 Å². The van der Waals surface area contributed by atoms with E-state index in [0.29, 0.717) is 16.6 Å². The molecule has 1 aromatic rings. The van der Waals surface area contributed by atoms with Crippen molar-refractivity contribution in [1.82, 2.24) is 9.88 Å². The van der Waals surface area contributed by atoms with Gasteiger partial charge in [-0.25, -0.2) is 4.98 Å². The SMILES string of the molecule is O=C(O)C1CC2CCC1N2C(=O)c1ccc(Br)nc1. The van der Waals surface area contributed by atoms with Gasteiger partial charge in [-0.2, -0.15) is 0 Å². The third-order valence-electron chi connectivity index (χ3n) is 4.06. The highest BCUT2D eigenvalue weighted by Crippen LogP contribution is 2.42. The number of aliphatic carboxylic acids is 1. The van der Waals surface area contributed by atoms with Crippen LogP contribution >= 0.6 is 15.9 Å². The fraction of sp³-hybridized carbons (Fsp3) is 0.462. The van der Waals surface area contributed by atoms with Gasteiger partial charge in [0.1, 0.15) is 4.60 Å². The monoisotopic (exact) mass is 324 g/mol. The molecule has 6 heteroatoms. The average Bonchev–Trinajstić information content (AvgIpc) is 2.96. The Morgan fingerprint density at radius 3 is 2.74 bits per heavy atom. The predicted octanol–water partition coefficient (Wildman–Crippen LogP) is 1.92. The Labute approximate surface area is 118 Å². The number of aromatic nitrogens is 1. The van der Waals surface area contributed by atoms with Crippen LogP contribution in [0.5, 0.6) is 0 Å². The molecule has 3 unspecified atom stereocenters. The van der Waals surface area contributed by atoms with Gasteiger partial charge in [-0.15, -0.1) is 0 Å². The average molecular weight is 325 g/mol. The van der Waals surface area contributed by atoms with Gasteiger partial charge in [0, 0.05) is 18.3 Å². The summed E-state index contributed by atoms with van der Waals surface area (Å²) in [6.45, 7) is 0. The van der Waals surface area contributed by atoms with Gasteiger partial charge in [0.05, 0.1) is 11.5 Å². The molecule has 1 amide bonds. The first-order valence-corrected chi connectivity index (χ1v) is 7.04. The lowest BCUT2D eigenvalue weighted by molar-refractivity contribution is -0.142. The van der Waals surface area contributed by atoms with E-state index in [1.165, 1.54) is 6.20 Å². The van der Waals surface area contributed by atoms with Crippen molar-refractivity contribution in [1.29, 1.82) is 0 Å². The largest absolute Gasteiger partial charge is 0.481 e. The van der Waals surface area contributed by atoms with E-state index in [1.807, 2.05) is 0 Å². The number of halogens is 1. The summed E-state index contributed by atoms with van der Waals surface area (Å²) in [6, 6.07) is 3.35. The highest BCUT2D eigenvalue weighted by Gasteiger charge is 2.51.